The number of carbonyl (C=O) groups is 3. The van der Waals surface area contributed by atoms with E-state index in [1.54, 1.807) is 24.3 Å². The lowest BCUT2D eigenvalue weighted by atomic mass is 9.98. The summed E-state index contributed by atoms with van der Waals surface area (Å²) in [6, 6.07) is 33.9. The normalized spacial score (nSPS) is 13.1. The van der Waals surface area contributed by atoms with E-state index in [-0.39, 0.29) is 43.4 Å². The molecule has 5 N–H and O–H groups in total. The Hall–Kier alpha value is -5.74. The highest BCUT2D eigenvalue weighted by molar-refractivity contribution is 5.98. The first-order chi connectivity index (χ1) is 24.4. The number of aliphatic hydroxyl groups is 1. The number of aromatic nitrogens is 1. The van der Waals surface area contributed by atoms with Gasteiger partial charge in [-0.3, -0.25) is 9.59 Å². The minimum Gasteiger partial charge on any atom is -0.508 e. The van der Waals surface area contributed by atoms with Gasteiger partial charge >= 0.3 is 6.03 Å². The van der Waals surface area contributed by atoms with Crippen LogP contribution in [0.15, 0.2) is 121 Å². The van der Waals surface area contributed by atoms with Gasteiger partial charge in [0.15, 0.2) is 0 Å². The van der Waals surface area contributed by atoms with E-state index in [1.807, 2.05) is 106 Å². The third-order valence-electron chi connectivity index (χ3n) is 8.31. The first kappa shape index (κ1) is 36.5. The Labute approximate surface area is 298 Å². The Bertz CT molecular complexity index is 1910. The number of urea groups is 1. The second-order valence-corrected chi connectivity index (χ2v) is 13.7. The molecule has 1 aromatic heterocycles. The second kappa shape index (κ2) is 16.8. The van der Waals surface area contributed by atoms with Crippen molar-refractivity contribution in [3.05, 3.63) is 144 Å². The second-order valence-electron chi connectivity index (χ2n) is 13.7. The predicted octanol–water partition coefficient (Wildman–Crippen LogP) is 5.38. The van der Waals surface area contributed by atoms with Crippen molar-refractivity contribution in [1.82, 2.24) is 25.8 Å². The van der Waals surface area contributed by atoms with E-state index < -0.39 is 35.5 Å². The van der Waals surface area contributed by atoms with Crippen LogP contribution in [0.25, 0.3) is 10.9 Å². The lowest BCUT2D eigenvalue weighted by molar-refractivity contribution is -0.124. The summed E-state index contributed by atoms with van der Waals surface area (Å²) in [5.41, 5.74) is 2.73. The number of hydrogen-bond acceptors (Lipinski definition) is 6. The zero-order valence-corrected chi connectivity index (χ0v) is 29.1. The topological polar surface area (TPSA) is 144 Å². The smallest absolute Gasteiger partial charge is 0.318 e. The summed E-state index contributed by atoms with van der Waals surface area (Å²) in [4.78, 5) is 47.3. The molecule has 51 heavy (non-hydrogen) atoms. The molecule has 0 radical (unpaired) electrons. The first-order valence-electron chi connectivity index (χ1n) is 17.0. The molecule has 4 amide bonds. The summed E-state index contributed by atoms with van der Waals surface area (Å²) in [6.07, 6.45) is -0.816. The Morgan fingerprint density at radius 2 is 1.33 bits per heavy atom. The summed E-state index contributed by atoms with van der Waals surface area (Å²) in [5.74, 6) is -0.982. The van der Waals surface area contributed by atoms with E-state index in [9.17, 15) is 24.6 Å². The molecule has 0 spiro atoms. The number of hydrogen-bond donors (Lipinski definition) is 5. The van der Waals surface area contributed by atoms with Gasteiger partial charge in [0.1, 0.15) is 17.5 Å². The van der Waals surface area contributed by atoms with Crippen molar-refractivity contribution < 1.29 is 24.6 Å². The lowest BCUT2D eigenvalue weighted by Gasteiger charge is -2.33. The van der Waals surface area contributed by atoms with Gasteiger partial charge in [-0.25, -0.2) is 9.78 Å². The number of carbonyl (C=O) groups excluding carboxylic acids is 3. The molecule has 0 fully saturated rings. The molecule has 264 valence electrons. The number of benzene rings is 4. The van der Waals surface area contributed by atoms with Crippen LogP contribution in [-0.2, 0) is 24.2 Å². The number of fused-ring (bicyclic) bond motifs is 1. The molecule has 0 aliphatic carbocycles. The maximum Gasteiger partial charge on any atom is 0.318 e. The van der Waals surface area contributed by atoms with Crippen LogP contribution in [0.3, 0.4) is 0 Å². The SMILES string of the molecule is CC(C)(C)NC(=O)N(Cc1ccccc1)C[C@@H](O)[C@H](Cc1ccccc1)NC(=O)[C@H](Cc1ccc(O)cc1)NC(=O)c1ccc2ccccc2n1. The van der Waals surface area contributed by atoms with Crippen LogP contribution in [0.2, 0.25) is 0 Å². The number of aliphatic hydroxyl groups excluding tert-OH is 1. The third-order valence-corrected chi connectivity index (χ3v) is 8.31. The van der Waals surface area contributed by atoms with Crippen molar-refractivity contribution in [1.29, 1.82) is 0 Å². The summed E-state index contributed by atoms with van der Waals surface area (Å²) in [5, 5.41) is 31.4. The van der Waals surface area contributed by atoms with Crippen LogP contribution in [0, 0.1) is 0 Å². The highest BCUT2D eigenvalue weighted by Gasteiger charge is 2.31. The van der Waals surface area contributed by atoms with Crippen molar-refractivity contribution in [2.75, 3.05) is 6.54 Å². The molecule has 3 atom stereocenters. The molecule has 10 heteroatoms. The average Bonchev–Trinajstić information content (AvgIpc) is 3.11. The van der Waals surface area contributed by atoms with Gasteiger partial charge in [-0.2, -0.15) is 0 Å². The minimum atomic E-state index is -1.18. The molecule has 1 heterocycles. The number of phenolic OH excluding ortho intramolecular Hbond substituents is 1. The van der Waals surface area contributed by atoms with Gasteiger partial charge in [-0.15, -0.1) is 0 Å². The fourth-order valence-electron chi connectivity index (χ4n) is 5.71. The van der Waals surface area contributed by atoms with Crippen molar-refractivity contribution >= 4 is 28.7 Å². The standard InChI is InChI=1S/C41H45N5O5/c1-41(2,3)45-40(51)46(26-30-14-8-5-9-15-30)27-37(48)35(24-28-12-6-4-7-13-28)43-39(50)36(25-29-18-21-32(47)22-19-29)44-38(49)34-23-20-31-16-10-11-17-33(31)42-34/h4-23,35-37,47-48H,24-27H2,1-3H3,(H,43,50)(H,44,49)(H,45,51)/t35-,36-,37+/m0/s1. The number of aromatic hydroxyl groups is 1. The summed E-state index contributed by atoms with van der Waals surface area (Å²) in [6.45, 7) is 5.82. The zero-order valence-electron chi connectivity index (χ0n) is 29.1. The van der Waals surface area contributed by atoms with Gasteiger partial charge in [-0.05, 0) is 68.1 Å². The monoisotopic (exact) mass is 687 g/mol. The number of nitrogens with one attached hydrogen (secondary N) is 3. The number of rotatable bonds is 13. The summed E-state index contributed by atoms with van der Waals surface area (Å²) < 4.78 is 0. The molecular weight excluding hydrogens is 642 g/mol. The van der Waals surface area contributed by atoms with E-state index in [0.29, 0.717) is 11.1 Å². The van der Waals surface area contributed by atoms with E-state index in [2.05, 4.69) is 20.9 Å². The molecule has 0 saturated carbocycles. The molecule has 0 aliphatic rings. The fourth-order valence-corrected chi connectivity index (χ4v) is 5.71. The van der Waals surface area contributed by atoms with Crippen molar-refractivity contribution in [3.63, 3.8) is 0 Å². The van der Waals surface area contributed by atoms with E-state index in [4.69, 9.17) is 0 Å². The first-order valence-corrected chi connectivity index (χ1v) is 17.0. The quantitative estimate of drug-likeness (QED) is 0.113. The Balaban J connectivity index is 1.41. The molecule has 0 aliphatic heterocycles. The van der Waals surface area contributed by atoms with E-state index in [1.165, 1.54) is 17.0 Å². The van der Waals surface area contributed by atoms with E-state index >= 15 is 0 Å². The van der Waals surface area contributed by atoms with Crippen LogP contribution in [0.5, 0.6) is 5.75 Å². The van der Waals surface area contributed by atoms with Crippen LogP contribution in [0.4, 0.5) is 4.79 Å². The van der Waals surface area contributed by atoms with Gasteiger partial charge in [0.05, 0.1) is 24.2 Å². The van der Waals surface area contributed by atoms with Crippen LogP contribution in [-0.4, -0.2) is 68.2 Å². The molecule has 4 aromatic carbocycles. The van der Waals surface area contributed by atoms with E-state index in [0.717, 1.165) is 16.5 Å². The van der Waals surface area contributed by atoms with Gasteiger partial charge in [0.2, 0.25) is 5.91 Å². The Kier molecular flexibility index (Phi) is 12.0. The number of phenols is 1. The minimum absolute atomic E-state index is 0.0748. The molecular formula is C41H45N5O5. The van der Waals surface area contributed by atoms with Crippen LogP contribution in [0.1, 0.15) is 48.0 Å². The average molecular weight is 688 g/mol. The van der Waals surface area contributed by atoms with Crippen molar-refractivity contribution in [2.24, 2.45) is 0 Å². The number of para-hydroxylation sites is 1. The Morgan fingerprint density at radius 3 is 2.00 bits per heavy atom. The fraction of sp³-hybridized carbons (Fsp3) is 0.268. The number of amides is 4. The lowest BCUT2D eigenvalue weighted by Crippen LogP contribution is -2.57. The molecule has 0 saturated heterocycles. The highest BCUT2D eigenvalue weighted by atomic mass is 16.3. The largest absolute Gasteiger partial charge is 0.508 e. The Morgan fingerprint density at radius 1 is 0.725 bits per heavy atom. The molecule has 0 bridgehead atoms. The summed E-state index contributed by atoms with van der Waals surface area (Å²) >= 11 is 0. The summed E-state index contributed by atoms with van der Waals surface area (Å²) in [7, 11) is 0. The van der Waals surface area contributed by atoms with Gasteiger partial charge in [-0.1, -0.05) is 97.1 Å². The molecule has 5 aromatic rings. The van der Waals surface area contributed by atoms with Gasteiger partial charge in [0.25, 0.3) is 5.91 Å². The molecule has 0 unspecified atom stereocenters. The predicted molar refractivity (Wildman–Crippen MR) is 198 cm³/mol. The van der Waals surface area contributed by atoms with Crippen LogP contribution < -0.4 is 16.0 Å². The molecule has 10 nitrogen and oxygen atoms in total. The highest BCUT2D eigenvalue weighted by Crippen LogP contribution is 2.16. The van der Waals surface area contributed by atoms with Gasteiger partial charge < -0.3 is 31.1 Å². The number of nitrogens with zero attached hydrogens (tertiary/aromatic N) is 2. The van der Waals surface area contributed by atoms with Crippen LogP contribution >= 0.6 is 0 Å². The van der Waals surface area contributed by atoms with Crippen molar-refractivity contribution in [3.8, 4) is 5.75 Å². The maximum atomic E-state index is 14.2. The van der Waals surface area contributed by atoms with Crippen molar-refractivity contribution in [2.45, 2.75) is 63.9 Å². The number of pyridine rings is 1. The third kappa shape index (κ3) is 10.9. The zero-order chi connectivity index (χ0) is 36.4. The maximum absolute atomic E-state index is 14.2. The van der Waals surface area contributed by atoms with Gasteiger partial charge in [0, 0.05) is 23.9 Å². The molecule has 5 rings (SSSR count).